The Morgan fingerprint density at radius 1 is 1.37 bits per heavy atom. The highest BCUT2D eigenvalue weighted by molar-refractivity contribution is 6.04. The van der Waals surface area contributed by atoms with Crippen LogP contribution in [0.3, 0.4) is 0 Å². The Morgan fingerprint density at radius 2 is 2.11 bits per heavy atom. The molecule has 1 aromatic carbocycles. The van der Waals surface area contributed by atoms with E-state index in [9.17, 15) is 14.7 Å². The van der Waals surface area contributed by atoms with E-state index in [4.69, 9.17) is 0 Å². The van der Waals surface area contributed by atoms with Crippen LogP contribution >= 0.6 is 0 Å². The van der Waals surface area contributed by atoms with Gasteiger partial charge in [-0.15, -0.1) is 0 Å². The van der Waals surface area contributed by atoms with Gasteiger partial charge in [-0.1, -0.05) is 12.1 Å². The second-order valence-electron chi connectivity index (χ2n) is 4.40. The largest absolute Gasteiger partial charge is 0.382 e. The van der Waals surface area contributed by atoms with Gasteiger partial charge < -0.3 is 15.0 Å². The number of imide groups is 1. The second-order valence-corrected chi connectivity index (χ2v) is 4.40. The van der Waals surface area contributed by atoms with Crippen molar-refractivity contribution in [2.45, 2.75) is 12.1 Å². The topological polar surface area (TPSA) is 96.2 Å². The van der Waals surface area contributed by atoms with Gasteiger partial charge in [-0.25, -0.2) is 9.78 Å². The number of imidazole rings is 1. The smallest absolute Gasteiger partial charge is 0.322 e. The van der Waals surface area contributed by atoms with Gasteiger partial charge in [0.2, 0.25) is 0 Å². The highest BCUT2D eigenvalue weighted by atomic mass is 16.3. The van der Waals surface area contributed by atoms with Crippen LogP contribution in [0.1, 0.15) is 11.9 Å². The first kappa shape index (κ1) is 11.7. The van der Waals surface area contributed by atoms with Gasteiger partial charge in [0.15, 0.2) is 0 Å². The van der Waals surface area contributed by atoms with E-state index in [1.165, 1.54) is 0 Å². The van der Waals surface area contributed by atoms with Crippen molar-refractivity contribution in [1.29, 1.82) is 0 Å². The number of aliphatic hydroxyl groups excluding tert-OH is 1. The molecule has 2 unspecified atom stereocenters. The molecule has 0 radical (unpaired) electrons. The number of aliphatic hydroxyl groups is 1. The Hall–Kier alpha value is -2.41. The van der Waals surface area contributed by atoms with E-state index in [1.807, 2.05) is 24.3 Å². The van der Waals surface area contributed by atoms with Crippen LogP contribution in [0.15, 0.2) is 24.3 Å². The van der Waals surface area contributed by atoms with Gasteiger partial charge in [0.1, 0.15) is 18.0 Å². The van der Waals surface area contributed by atoms with Crippen LogP contribution in [0, 0.1) is 0 Å². The first-order chi connectivity index (χ1) is 9.08. The number of carbonyl (C=O) groups is 2. The van der Waals surface area contributed by atoms with E-state index in [2.05, 4.69) is 15.6 Å². The molecular formula is C12H12N4O3. The molecule has 1 aliphatic rings. The zero-order valence-corrected chi connectivity index (χ0v) is 10.1. The third kappa shape index (κ3) is 1.75. The molecule has 2 atom stereocenters. The van der Waals surface area contributed by atoms with Gasteiger partial charge in [0.25, 0.3) is 5.91 Å². The number of aryl methyl sites for hydroxylation is 1. The van der Waals surface area contributed by atoms with Crippen LogP contribution in [0.4, 0.5) is 4.79 Å². The molecule has 3 amide bonds. The lowest BCUT2D eigenvalue weighted by atomic mass is 10.1. The van der Waals surface area contributed by atoms with Gasteiger partial charge in [0, 0.05) is 7.05 Å². The number of aromatic nitrogens is 2. The highest BCUT2D eigenvalue weighted by Gasteiger charge is 2.38. The third-order valence-electron chi connectivity index (χ3n) is 3.21. The van der Waals surface area contributed by atoms with Crippen LogP contribution < -0.4 is 10.6 Å². The van der Waals surface area contributed by atoms with E-state index in [0.717, 1.165) is 11.0 Å². The molecule has 0 aliphatic carbocycles. The van der Waals surface area contributed by atoms with Gasteiger partial charge in [-0.2, -0.15) is 0 Å². The molecule has 3 rings (SSSR count). The molecule has 3 N–H and O–H groups in total. The number of carbonyl (C=O) groups excluding carboxylic acids is 2. The van der Waals surface area contributed by atoms with Crippen LogP contribution in [-0.4, -0.2) is 32.6 Å². The minimum Gasteiger partial charge on any atom is -0.382 e. The number of fused-ring (bicyclic) bond motifs is 1. The summed E-state index contributed by atoms with van der Waals surface area (Å²) in [6, 6.07) is 5.78. The second kappa shape index (κ2) is 4.06. The summed E-state index contributed by atoms with van der Waals surface area (Å²) in [5.41, 5.74) is 1.57. The predicted octanol–water partition coefficient (Wildman–Crippen LogP) is -0.185. The summed E-state index contributed by atoms with van der Waals surface area (Å²) in [5, 5.41) is 14.7. The molecule has 0 spiro atoms. The lowest BCUT2D eigenvalue weighted by molar-refractivity contribution is -0.122. The van der Waals surface area contributed by atoms with Crippen molar-refractivity contribution in [3.63, 3.8) is 0 Å². The number of nitrogens with one attached hydrogen (secondary N) is 2. The third-order valence-corrected chi connectivity index (χ3v) is 3.21. The number of urea groups is 1. The normalized spacial score (nSPS) is 20.4. The highest BCUT2D eigenvalue weighted by Crippen LogP contribution is 2.22. The van der Waals surface area contributed by atoms with Crippen molar-refractivity contribution in [2.75, 3.05) is 0 Å². The van der Waals surface area contributed by atoms with Crippen molar-refractivity contribution < 1.29 is 14.7 Å². The fourth-order valence-corrected chi connectivity index (χ4v) is 2.23. The fourth-order valence-electron chi connectivity index (χ4n) is 2.23. The van der Waals surface area contributed by atoms with Crippen LogP contribution in [0.25, 0.3) is 11.0 Å². The van der Waals surface area contributed by atoms with Crippen molar-refractivity contribution in [3.05, 3.63) is 30.1 Å². The predicted molar refractivity (Wildman–Crippen MR) is 66.1 cm³/mol. The number of rotatable bonds is 2. The van der Waals surface area contributed by atoms with Gasteiger partial charge in [-0.05, 0) is 12.1 Å². The summed E-state index contributed by atoms with van der Waals surface area (Å²) in [6.45, 7) is 0. The Balaban J connectivity index is 2.02. The fraction of sp³-hybridized carbons (Fsp3) is 0.250. The zero-order chi connectivity index (χ0) is 13.6. The molecule has 1 fully saturated rings. The van der Waals surface area contributed by atoms with Crippen LogP contribution in [0.2, 0.25) is 0 Å². The number of benzene rings is 1. The summed E-state index contributed by atoms with van der Waals surface area (Å²) in [4.78, 5) is 26.9. The molecular weight excluding hydrogens is 248 g/mol. The molecule has 0 saturated carbocycles. The maximum absolute atomic E-state index is 11.5. The van der Waals surface area contributed by atoms with Gasteiger partial charge >= 0.3 is 6.03 Å². The molecule has 1 aliphatic heterocycles. The van der Waals surface area contributed by atoms with Crippen molar-refractivity contribution in [2.24, 2.45) is 7.05 Å². The Morgan fingerprint density at radius 3 is 2.74 bits per heavy atom. The number of hydrogen-bond acceptors (Lipinski definition) is 4. The zero-order valence-electron chi connectivity index (χ0n) is 10.1. The van der Waals surface area contributed by atoms with E-state index in [-0.39, 0.29) is 0 Å². The van der Waals surface area contributed by atoms with Crippen molar-refractivity contribution in [1.82, 2.24) is 20.2 Å². The van der Waals surface area contributed by atoms with E-state index in [0.29, 0.717) is 5.82 Å². The molecule has 7 nitrogen and oxygen atoms in total. The first-order valence-corrected chi connectivity index (χ1v) is 5.78. The molecule has 98 valence electrons. The number of hydrogen-bond donors (Lipinski definition) is 3. The van der Waals surface area contributed by atoms with Crippen LogP contribution in [-0.2, 0) is 11.8 Å². The SMILES string of the molecule is Cn1c(C(O)C2NC(=O)NC2=O)nc2ccccc21. The van der Waals surface area contributed by atoms with Crippen molar-refractivity contribution in [3.8, 4) is 0 Å². The molecule has 1 aromatic heterocycles. The standard InChI is InChI=1S/C12H12N4O3/c1-16-7-5-3-2-4-6(7)13-10(16)9(17)8-11(18)15-12(19)14-8/h2-5,8-9,17H,1H3,(H2,14,15,18,19). The monoisotopic (exact) mass is 260 g/mol. The van der Waals surface area contributed by atoms with Crippen LogP contribution in [0.5, 0.6) is 0 Å². The van der Waals surface area contributed by atoms with E-state index >= 15 is 0 Å². The Bertz CT molecular complexity index is 679. The lowest BCUT2D eigenvalue weighted by Crippen LogP contribution is -2.36. The minimum absolute atomic E-state index is 0.337. The summed E-state index contributed by atoms with van der Waals surface area (Å²) in [5.74, 6) is -0.215. The molecule has 1 saturated heterocycles. The molecule has 2 heterocycles. The summed E-state index contributed by atoms with van der Waals surface area (Å²) >= 11 is 0. The number of para-hydroxylation sites is 2. The lowest BCUT2D eigenvalue weighted by Gasteiger charge is -2.15. The quantitative estimate of drug-likeness (QED) is 0.652. The Kier molecular flexibility index (Phi) is 2.49. The molecule has 0 bridgehead atoms. The average Bonchev–Trinajstić information content (AvgIpc) is 2.90. The summed E-state index contributed by atoms with van der Waals surface area (Å²) < 4.78 is 1.71. The average molecular weight is 260 g/mol. The van der Waals surface area contributed by atoms with Crippen molar-refractivity contribution >= 4 is 23.0 Å². The van der Waals surface area contributed by atoms with Gasteiger partial charge in [0.05, 0.1) is 11.0 Å². The molecule has 7 heteroatoms. The van der Waals surface area contributed by atoms with Gasteiger partial charge in [-0.3, -0.25) is 10.1 Å². The summed E-state index contributed by atoms with van der Waals surface area (Å²) in [7, 11) is 1.75. The van der Waals surface area contributed by atoms with E-state index in [1.54, 1.807) is 11.6 Å². The minimum atomic E-state index is -1.19. The maximum Gasteiger partial charge on any atom is 0.322 e. The van der Waals surface area contributed by atoms with E-state index < -0.39 is 24.1 Å². The molecule has 19 heavy (non-hydrogen) atoms. The maximum atomic E-state index is 11.5. The number of nitrogens with zero attached hydrogens (tertiary/aromatic N) is 2. The first-order valence-electron chi connectivity index (χ1n) is 5.78. The molecule has 2 aromatic rings. The summed E-state index contributed by atoms with van der Waals surface area (Å²) in [6.07, 6.45) is -1.19. The number of amides is 3. The Labute approximate surface area is 108 Å².